The summed E-state index contributed by atoms with van der Waals surface area (Å²) < 4.78 is 5.23. The normalized spacial score (nSPS) is 14.8. The lowest BCUT2D eigenvalue weighted by Gasteiger charge is -2.44. The zero-order valence-corrected chi connectivity index (χ0v) is 14.5. The van der Waals surface area contributed by atoms with Crippen LogP contribution in [0.15, 0.2) is 24.3 Å². The summed E-state index contributed by atoms with van der Waals surface area (Å²) in [5, 5.41) is 0. The highest BCUT2D eigenvalue weighted by molar-refractivity contribution is 5.28. The molecule has 0 aliphatic rings. The molecule has 0 spiro atoms. The standard InChI is InChI=1S/C18H32N2O/c1-14(2)12-20(15(3)4)18(5,13-19)11-16-7-9-17(21-6)10-8-16/h7-10,14-15H,11-13,19H2,1-6H3. The molecule has 1 aromatic carbocycles. The fourth-order valence-corrected chi connectivity index (χ4v) is 2.92. The zero-order chi connectivity index (χ0) is 16.0. The topological polar surface area (TPSA) is 38.5 Å². The molecule has 1 aromatic rings. The number of hydrogen-bond acceptors (Lipinski definition) is 3. The molecule has 3 heteroatoms. The molecule has 1 unspecified atom stereocenters. The molecule has 0 aliphatic heterocycles. The van der Waals surface area contributed by atoms with Crippen LogP contribution in [0.25, 0.3) is 0 Å². The van der Waals surface area contributed by atoms with Crippen LogP contribution >= 0.6 is 0 Å². The number of rotatable bonds is 8. The van der Waals surface area contributed by atoms with Crippen LogP contribution in [0.3, 0.4) is 0 Å². The van der Waals surface area contributed by atoms with Crippen molar-refractivity contribution in [3.8, 4) is 5.75 Å². The average molecular weight is 292 g/mol. The molecule has 1 atom stereocenters. The highest BCUT2D eigenvalue weighted by atomic mass is 16.5. The van der Waals surface area contributed by atoms with Crippen molar-refractivity contribution in [1.29, 1.82) is 0 Å². The van der Waals surface area contributed by atoms with Crippen LogP contribution in [-0.4, -0.2) is 36.7 Å². The lowest BCUT2D eigenvalue weighted by atomic mass is 9.88. The minimum Gasteiger partial charge on any atom is -0.497 e. The first-order valence-electron chi connectivity index (χ1n) is 7.92. The van der Waals surface area contributed by atoms with E-state index in [1.54, 1.807) is 7.11 Å². The van der Waals surface area contributed by atoms with Crippen molar-refractivity contribution in [1.82, 2.24) is 4.90 Å². The minimum atomic E-state index is -0.0208. The molecule has 120 valence electrons. The van der Waals surface area contributed by atoms with Gasteiger partial charge in [0.1, 0.15) is 5.75 Å². The molecule has 0 saturated carbocycles. The Labute approximate surface area is 130 Å². The average Bonchev–Trinajstić information content (AvgIpc) is 2.45. The van der Waals surface area contributed by atoms with Crippen LogP contribution < -0.4 is 10.5 Å². The van der Waals surface area contributed by atoms with Crippen LogP contribution in [0.4, 0.5) is 0 Å². The lowest BCUT2D eigenvalue weighted by Crippen LogP contribution is -2.57. The second-order valence-corrected chi connectivity index (χ2v) is 6.87. The Balaban J connectivity index is 2.94. The minimum absolute atomic E-state index is 0.0208. The van der Waals surface area contributed by atoms with Gasteiger partial charge in [-0.05, 0) is 50.8 Å². The van der Waals surface area contributed by atoms with Crippen molar-refractivity contribution in [2.45, 2.75) is 52.6 Å². The van der Waals surface area contributed by atoms with Gasteiger partial charge in [-0.15, -0.1) is 0 Å². The fraction of sp³-hybridized carbons (Fsp3) is 0.667. The first-order valence-corrected chi connectivity index (χ1v) is 7.92. The monoisotopic (exact) mass is 292 g/mol. The van der Waals surface area contributed by atoms with Gasteiger partial charge in [0.25, 0.3) is 0 Å². The summed E-state index contributed by atoms with van der Waals surface area (Å²) >= 11 is 0. The molecule has 0 bridgehead atoms. The Morgan fingerprint density at radius 3 is 2.10 bits per heavy atom. The van der Waals surface area contributed by atoms with Crippen molar-refractivity contribution in [2.75, 3.05) is 20.2 Å². The molecular formula is C18H32N2O. The van der Waals surface area contributed by atoms with Gasteiger partial charge in [-0.3, -0.25) is 4.90 Å². The molecule has 0 amide bonds. The quantitative estimate of drug-likeness (QED) is 0.799. The van der Waals surface area contributed by atoms with Crippen molar-refractivity contribution >= 4 is 0 Å². The molecule has 0 saturated heterocycles. The van der Waals surface area contributed by atoms with Gasteiger partial charge in [-0.25, -0.2) is 0 Å². The maximum absolute atomic E-state index is 6.16. The van der Waals surface area contributed by atoms with Crippen LogP contribution in [0.1, 0.15) is 40.2 Å². The Hall–Kier alpha value is -1.06. The van der Waals surface area contributed by atoms with E-state index in [0.29, 0.717) is 18.5 Å². The third-order valence-corrected chi connectivity index (χ3v) is 4.06. The molecule has 0 aromatic heterocycles. The molecule has 21 heavy (non-hydrogen) atoms. The Morgan fingerprint density at radius 2 is 1.71 bits per heavy atom. The third-order valence-electron chi connectivity index (χ3n) is 4.06. The molecule has 0 aliphatic carbocycles. The van der Waals surface area contributed by atoms with E-state index in [1.807, 2.05) is 12.1 Å². The molecule has 3 nitrogen and oxygen atoms in total. The molecule has 0 radical (unpaired) electrons. The summed E-state index contributed by atoms with van der Waals surface area (Å²) in [5.74, 6) is 1.53. The largest absolute Gasteiger partial charge is 0.497 e. The van der Waals surface area contributed by atoms with Crippen molar-refractivity contribution in [2.24, 2.45) is 11.7 Å². The maximum atomic E-state index is 6.16. The van der Waals surface area contributed by atoms with Crippen LogP contribution in [0, 0.1) is 5.92 Å². The summed E-state index contributed by atoms with van der Waals surface area (Å²) in [5.41, 5.74) is 7.44. The van der Waals surface area contributed by atoms with E-state index < -0.39 is 0 Å². The Bertz CT molecular complexity index is 414. The van der Waals surface area contributed by atoms with Crippen LogP contribution in [0.5, 0.6) is 5.75 Å². The van der Waals surface area contributed by atoms with Crippen LogP contribution in [0.2, 0.25) is 0 Å². The first kappa shape index (κ1) is 18.0. The van der Waals surface area contributed by atoms with Gasteiger partial charge in [-0.2, -0.15) is 0 Å². The summed E-state index contributed by atoms with van der Waals surface area (Å²) in [6.07, 6.45) is 0.957. The van der Waals surface area contributed by atoms with E-state index in [2.05, 4.69) is 51.7 Å². The van der Waals surface area contributed by atoms with Gasteiger partial charge in [0, 0.05) is 24.7 Å². The van der Waals surface area contributed by atoms with E-state index >= 15 is 0 Å². The summed E-state index contributed by atoms with van der Waals surface area (Å²) in [4.78, 5) is 2.54. The Kier molecular flexibility index (Phi) is 6.69. The summed E-state index contributed by atoms with van der Waals surface area (Å²) in [7, 11) is 1.70. The number of ether oxygens (including phenoxy) is 1. The summed E-state index contributed by atoms with van der Waals surface area (Å²) in [6, 6.07) is 8.81. The van der Waals surface area contributed by atoms with E-state index in [9.17, 15) is 0 Å². The molecular weight excluding hydrogens is 260 g/mol. The number of nitrogens with two attached hydrogens (primary N) is 1. The smallest absolute Gasteiger partial charge is 0.118 e. The number of nitrogens with zero attached hydrogens (tertiary/aromatic N) is 1. The van der Waals surface area contributed by atoms with E-state index in [-0.39, 0.29) is 5.54 Å². The zero-order valence-electron chi connectivity index (χ0n) is 14.5. The van der Waals surface area contributed by atoms with Gasteiger partial charge < -0.3 is 10.5 Å². The van der Waals surface area contributed by atoms with E-state index in [4.69, 9.17) is 10.5 Å². The predicted octanol–water partition coefficient (Wildman–Crippen LogP) is 3.32. The fourth-order valence-electron chi connectivity index (χ4n) is 2.92. The molecule has 0 fully saturated rings. The summed E-state index contributed by atoms with van der Waals surface area (Å²) in [6.45, 7) is 13.0. The van der Waals surface area contributed by atoms with E-state index in [0.717, 1.165) is 18.7 Å². The van der Waals surface area contributed by atoms with E-state index in [1.165, 1.54) is 5.56 Å². The molecule has 2 N–H and O–H groups in total. The number of methoxy groups -OCH3 is 1. The highest BCUT2D eigenvalue weighted by Gasteiger charge is 2.32. The molecule has 0 heterocycles. The highest BCUT2D eigenvalue weighted by Crippen LogP contribution is 2.25. The van der Waals surface area contributed by atoms with Gasteiger partial charge in [-0.1, -0.05) is 26.0 Å². The van der Waals surface area contributed by atoms with Crippen molar-refractivity contribution in [3.05, 3.63) is 29.8 Å². The molecule has 1 rings (SSSR count). The predicted molar refractivity (Wildman–Crippen MR) is 90.8 cm³/mol. The van der Waals surface area contributed by atoms with Gasteiger partial charge in [0.2, 0.25) is 0 Å². The SMILES string of the molecule is COc1ccc(CC(C)(CN)N(CC(C)C)C(C)C)cc1. The first-order chi connectivity index (χ1) is 9.82. The van der Waals surface area contributed by atoms with Gasteiger partial charge >= 0.3 is 0 Å². The van der Waals surface area contributed by atoms with Gasteiger partial charge in [0.05, 0.1) is 7.11 Å². The van der Waals surface area contributed by atoms with Gasteiger partial charge in [0.15, 0.2) is 0 Å². The van der Waals surface area contributed by atoms with Crippen molar-refractivity contribution in [3.63, 3.8) is 0 Å². The third kappa shape index (κ3) is 5.01. The second kappa shape index (κ2) is 7.81. The Morgan fingerprint density at radius 1 is 1.14 bits per heavy atom. The van der Waals surface area contributed by atoms with Crippen molar-refractivity contribution < 1.29 is 4.74 Å². The second-order valence-electron chi connectivity index (χ2n) is 6.87. The maximum Gasteiger partial charge on any atom is 0.118 e. The lowest BCUT2D eigenvalue weighted by molar-refractivity contribution is 0.0628. The number of benzene rings is 1. The van der Waals surface area contributed by atoms with Crippen LogP contribution in [-0.2, 0) is 6.42 Å². The number of hydrogen-bond donors (Lipinski definition) is 1.